The van der Waals surface area contributed by atoms with Gasteiger partial charge in [-0.05, 0) is 98.0 Å². The van der Waals surface area contributed by atoms with Crippen LogP contribution in [0.5, 0.6) is 0 Å². The highest BCUT2D eigenvalue weighted by Gasteiger charge is 2.67. The Labute approximate surface area is 176 Å². The third-order valence-electron chi connectivity index (χ3n) is 9.74. The molecule has 0 radical (unpaired) electrons. The number of benzene rings is 1. The zero-order valence-electron chi connectivity index (χ0n) is 18.5. The van der Waals surface area contributed by atoms with Gasteiger partial charge in [0.15, 0.2) is 0 Å². The molecule has 2 heteroatoms. The van der Waals surface area contributed by atoms with Crippen molar-refractivity contribution in [2.75, 3.05) is 0 Å². The molecule has 6 atom stereocenters. The van der Waals surface area contributed by atoms with E-state index >= 15 is 0 Å². The Kier molecular flexibility index (Phi) is 4.32. The van der Waals surface area contributed by atoms with Gasteiger partial charge in [0.1, 0.15) is 6.10 Å². The number of rotatable bonds is 2. The lowest BCUT2D eigenvalue weighted by Crippen LogP contribution is -2.59. The van der Waals surface area contributed by atoms with E-state index in [-0.39, 0.29) is 22.9 Å². The van der Waals surface area contributed by atoms with Gasteiger partial charge < -0.3 is 4.74 Å². The zero-order valence-corrected chi connectivity index (χ0v) is 18.5. The summed E-state index contributed by atoms with van der Waals surface area (Å²) in [6.45, 7) is 9.80. The lowest BCUT2D eigenvalue weighted by molar-refractivity contribution is -0.178. The van der Waals surface area contributed by atoms with E-state index < -0.39 is 0 Å². The Morgan fingerprint density at radius 1 is 1.03 bits per heavy atom. The van der Waals surface area contributed by atoms with Gasteiger partial charge in [-0.15, -0.1) is 0 Å². The van der Waals surface area contributed by atoms with Crippen LogP contribution in [0.15, 0.2) is 42.0 Å². The highest BCUT2D eigenvalue weighted by Crippen LogP contribution is 2.74. The Hall–Kier alpha value is -1.57. The van der Waals surface area contributed by atoms with Crippen LogP contribution in [0.1, 0.15) is 83.0 Å². The van der Waals surface area contributed by atoms with Crippen LogP contribution in [-0.2, 0) is 4.74 Å². The van der Waals surface area contributed by atoms with Gasteiger partial charge in [0, 0.05) is 0 Å². The molecule has 2 nitrogen and oxygen atoms in total. The molecule has 1 spiro atoms. The Morgan fingerprint density at radius 2 is 1.79 bits per heavy atom. The Morgan fingerprint density at radius 3 is 2.55 bits per heavy atom. The summed E-state index contributed by atoms with van der Waals surface area (Å²) >= 11 is 0. The predicted octanol–water partition coefficient (Wildman–Crippen LogP) is 6.81. The van der Waals surface area contributed by atoms with E-state index in [2.05, 4.69) is 33.8 Å². The summed E-state index contributed by atoms with van der Waals surface area (Å²) in [5.74, 6) is 2.21. The monoisotopic (exact) mass is 392 g/mol. The Bertz CT molecular complexity index is 837. The van der Waals surface area contributed by atoms with E-state index in [1.165, 1.54) is 32.1 Å². The molecule has 0 amide bonds. The lowest BCUT2D eigenvalue weighted by Gasteiger charge is -2.65. The normalized spacial score (nSPS) is 42.4. The summed E-state index contributed by atoms with van der Waals surface area (Å²) in [7, 11) is 0. The molecule has 0 unspecified atom stereocenters. The van der Waals surface area contributed by atoms with Crippen molar-refractivity contribution in [1.82, 2.24) is 0 Å². The van der Waals surface area contributed by atoms with Gasteiger partial charge in [-0.3, -0.25) is 0 Å². The maximum atomic E-state index is 12.8. The van der Waals surface area contributed by atoms with Crippen LogP contribution >= 0.6 is 0 Å². The molecule has 4 aliphatic rings. The highest BCUT2D eigenvalue weighted by atomic mass is 16.5. The van der Waals surface area contributed by atoms with Crippen molar-refractivity contribution in [1.29, 1.82) is 0 Å². The molecule has 3 saturated carbocycles. The first kappa shape index (κ1) is 19.4. The van der Waals surface area contributed by atoms with E-state index in [0.717, 1.165) is 30.6 Å². The van der Waals surface area contributed by atoms with Crippen LogP contribution in [-0.4, -0.2) is 12.1 Å². The van der Waals surface area contributed by atoms with Crippen LogP contribution in [0.25, 0.3) is 0 Å². The third kappa shape index (κ3) is 2.77. The molecular weight excluding hydrogens is 356 g/mol. The van der Waals surface area contributed by atoms with Crippen LogP contribution in [0, 0.1) is 34.0 Å². The quantitative estimate of drug-likeness (QED) is 0.408. The van der Waals surface area contributed by atoms with E-state index in [1.807, 2.05) is 30.3 Å². The number of allylic oxidation sites excluding steroid dienone is 2. The van der Waals surface area contributed by atoms with Crippen molar-refractivity contribution in [3.8, 4) is 0 Å². The maximum Gasteiger partial charge on any atom is 0.338 e. The molecule has 29 heavy (non-hydrogen) atoms. The van der Waals surface area contributed by atoms with Crippen molar-refractivity contribution >= 4 is 5.97 Å². The van der Waals surface area contributed by atoms with Crippen LogP contribution in [0.2, 0.25) is 0 Å². The third-order valence-corrected chi connectivity index (χ3v) is 9.74. The number of hydrogen-bond donors (Lipinski definition) is 0. The summed E-state index contributed by atoms with van der Waals surface area (Å²) in [5, 5.41) is 0. The number of fused-ring (bicyclic) bond motifs is 2. The molecule has 0 saturated heterocycles. The number of hydrogen-bond acceptors (Lipinski definition) is 2. The molecule has 0 heterocycles. The second-order valence-corrected chi connectivity index (χ2v) is 11.5. The maximum absolute atomic E-state index is 12.8. The van der Waals surface area contributed by atoms with Gasteiger partial charge in [-0.25, -0.2) is 4.79 Å². The summed E-state index contributed by atoms with van der Waals surface area (Å²) < 4.78 is 6.18. The van der Waals surface area contributed by atoms with E-state index in [0.29, 0.717) is 11.0 Å². The minimum atomic E-state index is -0.151. The molecule has 4 aliphatic carbocycles. The highest BCUT2D eigenvalue weighted by molar-refractivity contribution is 5.89. The van der Waals surface area contributed by atoms with Gasteiger partial charge in [0.25, 0.3) is 0 Å². The van der Waals surface area contributed by atoms with Gasteiger partial charge in [-0.1, -0.05) is 50.6 Å². The first-order valence-corrected chi connectivity index (χ1v) is 11.7. The number of esters is 1. The fourth-order valence-corrected chi connectivity index (χ4v) is 8.48. The Balaban J connectivity index is 1.47. The zero-order chi connectivity index (χ0) is 20.4. The summed E-state index contributed by atoms with van der Waals surface area (Å²) in [6.07, 6.45) is 11.4. The average molecular weight is 393 g/mol. The predicted molar refractivity (Wildman–Crippen MR) is 117 cm³/mol. The minimum absolute atomic E-state index is 0.0261. The number of carbonyl (C=O) groups is 1. The fourth-order valence-electron chi connectivity index (χ4n) is 8.48. The van der Waals surface area contributed by atoms with Gasteiger partial charge in [0.05, 0.1) is 5.56 Å². The van der Waals surface area contributed by atoms with Crippen LogP contribution < -0.4 is 0 Å². The SMILES string of the molecule is CC1=CC[C@@]23C[C@@H]1C[C@@H]2CC[C@H]1C(C)(C)C[C@H](OC(=O)c2ccccc2)C[C@@]13C. The van der Waals surface area contributed by atoms with E-state index in [9.17, 15) is 4.79 Å². The van der Waals surface area contributed by atoms with Crippen molar-refractivity contribution in [3.05, 3.63) is 47.5 Å². The minimum Gasteiger partial charge on any atom is -0.459 e. The van der Waals surface area contributed by atoms with Gasteiger partial charge >= 0.3 is 5.97 Å². The van der Waals surface area contributed by atoms with E-state index in [1.54, 1.807) is 5.57 Å². The molecule has 3 fully saturated rings. The fraction of sp³-hybridized carbons (Fsp3) is 0.667. The molecule has 2 bridgehead atoms. The van der Waals surface area contributed by atoms with E-state index in [4.69, 9.17) is 4.74 Å². The lowest BCUT2D eigenvalue weighted by atomic mass is 9.40. The van der Waals surface area contributed by atoms with Crippen molar-refractivity contribution in [2.24, 2.45) is 34.0 Å². The summed E-state index contributed by atoms with van der Waals surface area (Å²) in [5.41, 5.74) is 3.19. The van der Waals surface area contributed by atoms with Gasteiger partial charge in [-0.2, -0.15) is 0 Å². The average Bonchev–Trinajstić information content (AvgIpc) is 3.00. The largest absolute Gasteiger partial charge is 0.459 e. The molecule has 1 aromatic rings. The van der Waals surface area contributed by atoms with Crippen molar-refractivity contribution in [3.63, 3.8) is 0 Å². The smallest absolute Gasteiger partial charge is 0.338 e. The van der Waals surface area contributed by atoms with Gasteiger partial charge in [0.2, 0.25) is 0 Å². The summed E-state index contributed by atoms with van der Waals surface area (Å²) in [6, 6.07) is 9.51. The second-order valence-electron chi connectivity index (χ2n) is 11.5. The second kappa shape index (κ2) is 6.46. The molecule has 0 aromatic heterocycles. The molecule has 0 aliphatic heterocycles. The van der Waals surface area contributed by atoms with Crippen LogP contribution in [0.3, 0.4) is 0 Å². The van der Waals surface area contributed by atoms with Crippen molar-refractivity contribution < 1.29 is 9.53 Å². The summed E-state index contributed by atoms with van der Waals surface area (Å²) in [4.78, 5) is 12.8. The molecule has 156 valence electrons. The molecular formula is C27H36O2. The van der Waals surface area contributed by atoms with Crippen molar-refractivity contribution in [2.45, 2.75) is 78.7 Å². The topological polar surface area (TPSA) is 26.3 Å². The molecule has 1 aromatic carbocycles. The van der Waals surface area contributed by atoms with Crippen LogP contribution in [0.4, 0.5) is 0 Å². The molecule has 5 rings (SSSR count). The molecule has 0 N–H and O–H groups in total. The number of ether oxygens (including phenoxy) is 1. The number of carbonyl (C=O) groups excluding carboxylic acids is 1. The first-order valence-electron chi connectivity index (χ1n) is 11.7. The first-order chi connectivity index (χ1) is 13.8. The standard InChI is InChI=1S/C27H36O2/c1-18-12-13-27-15-20(18)14-21(27)10-11-23-25(2,3)16-22(17-26(23,27)4)29-24(28)19-8-6-5-7-9-19/h5-9,12,20-23H,10-11,13-17H2,1-4H3/t20-,21-,22-,23-,26-,27+/m0/s1.